The molecule has 0 unspecified atom stereocenters. The highest BCUT2D eigenvalue weighted by Gasteiger charge is 2.10. The quantitative estimate of drug-likeness (QED) is 0.774. The number of halogens is 1. The highest BCUT2D eigenvalue weighted by molar-refractivity contribution is 7.80. The molecule has 2 aromatic carbocycles. The Balaban J connectivity index is 1.91. The van der Waals surface area contributed by atoms with E-state index in [2.05, 4.69) is 10.6 Å². The summed E-state index contributed by atoms with van der Waals surface area (Å²) in [5.41, 5.74) is 2.59. The molecule has 0 fully saturated rings. The SMILES string of the molecule is COc1ccc(Cl)cc1NC(=S)NC(=O)COc1cc(C)ccc1C. The van der Waals surface area contributed by atoms with Crippen LogP contribution in [-0.4, -0.2) is 24.7 Å². The van der Waals surface area contributed by atoms with Gasteiger partial charge in [-0.15, -0.1) is 0 Å². The zero-order chi connectivity index (χ0) is 18.4. The Morgan fingerprint density at radius 3 is 2.64 bits per heavy atom. The Kier molecular flexibility index (Phi) is 6.61. The number of thiocarbonyl (C=S) groups is 1. The van der Waals surface area contributed by atoms with Crippen molar-refractivity contribution in [2.75, 3.05) is 19.0 Å². The van der Waals surface area contributed by atoms with Crippen LogP contribution in [0.25, 0.3) is 0 Å². The number of nitrogens with one attached hydrogen (secondary N) is 2. The van der Waals surface area contributed by atoms with Gasteiger partial charge < -0.3 is 14.8 Å². The van der Waals surface area contributed by atoms with E-state index < -0.39 is 0 Å². The molecule has 0 heterocycles. The minimum atomic E-state index is -0.362. The van der Waals surface area contributed by atoms with Crippen LogP contribution in [0.5, 0.6) is 11.5 Å². The first-order valence-electron chi connectivity index (χ1n) is 7.53. The third-order valence-corrected chi connectivity index (χ3v) is 3.80. The predicted octanol–water partition coefficient (Wildman–Crippen LogP) is 3.86. The number of rotatable bonds is 5. The first-order chi connectivity index (χ1) is 11.9. The van der Waals surface area contributed by atoms with E-state index in [4.69, 9.17) is 33.3 Å². The predicted molar refractivity (Wildman–Crippen MR) is 104 cm³/mol. The summed E-state index contributed by atoms with van der Waals surface area (Å²) in [5.74, 6) is 0.873. The molecule has 25 heavy (non-hydrogen) atoms. The second-order valence-electron chi connectivity index (χ2n) is 5.40. The zero-order valence-electron chi connectivity index (χ0n) is 14.2. The third kappa shape index (κ3) is 5.62. The Morgan fingerprint density at radius 1 is 1.16 bits per heavy atom. The van der Waals surface area contributed by atoms with Gasteiger partial charge in [-0.1, -0.05) is 23.7 Å². The summed E-state index contributed by atoms with van der Waals surface area (Å²) in [6.45, 7) is 3.74. The lowest BCUT2D eigenvalue weighted by Gasteiger charge is -2.14. The Morgan fingerprint density at radius 2 is 1.92 bits per heavy atom. The average molecular weight is 379 g/mol. The van der Waals surface area contributed by atoms with Gasteiger partial charge in [0, 0.05) is 5.02 Å². The van der Waals surface area contributed by atoms with Crippen molar-refractivity contribution in [1.29, 1.82) is 0 Å². The molecule has 5 nitrogen and oxygen atoms in total. The summed E-state index contributed by atoms with van der Waals surface area (Å²) >= 11 is 11.1. The second kappa shape index (κ2) is 8.69. The monoisotopic (exact) mass is 378 g/mol. The first kappa shape index (κ1) is 19.0. The van der Waals surface area contributed by atoms with Crippen LogP contribution in [0.4, 0.5) is 5.69 Å². The lowest BCUT2D eigenvalue weighted by Crippen LogP contribution is -2.37. The number of carbonyl (C=O) groups is 1. The Bertz CT molecular complexity index is 796. The van der Waals surface area contributed by atoms with Crippen LogP contribution < -0.4 is 20.1 Å². The number of amides is 1. The van der Waals surface area contributed by atoms with Crippen molar-refractivity contribution >= 4 is 40.5 Å². The molecule has 0 bridgehead atoms. The van der Waals surface area contributed by atoms with E-state index in [1.165, 1.54) is 7.11 Å². The third-order valence-electron chi connectivity index (χ3n) is 3.37. The van der Waals surface area contributed by atoms with E-state index in [-0.39, 0.29) is 17.6 Å². The van der Waals surface area contributed by atoms with Crippen molar-refractivity contribution in [2.24, 2.45) is 0 Å². The van der Waals surface area contributed by atoms with Crippen LogP contribution in [0.3, 0.4) is 0 Å². The van der Waals surface area contributed by atoms with Gasteiger partial charge in [-0.3, -0.25) is 10.1 Å². The van der Waals surface area contributed by atoms with Crippen molar-refractivity contribution < 1.29 is 14.3 Å². The van der Waals surface area contributed by atoms with Gasteiger partial charge in [-0.05, 0) is 61.5 Å². The van der Waals surface area contributed by atoms with Gasteiger partial charge in [0.2, 0.25) is 0 Å². The summed E-state index contributed by atoms with van der Waals surface area (Å²) in [4.78, 5) is 12.0. The smallest absolute Gasteiger partial charge is 0.264 e. The lowest BCUT2D eigenvalue weighted by atomic mass is 10.1. The molecule has 0 radical (unpaired) electrons. The van der Waals surface area contributed by atoms with Gasteiger partial charge >= 0.3 is 0 Å². The van der Waals surface area contributed by atoms with Gasteiger partial charge in [0.15, 0.2) is 11.7 Å². The highest BCUT2D eigenvalue weighted by Crippen LogP contribution is 2.27. The van der Waals surface area contributed by atoms with E-state index in [1.807, 2.05) is 32.0 Å². The van der Waals surface area contributed by atoms with Crippen LogP contribution in [0.1, 0.15) is 11.1 Å². The minimum absolute atomic E-state index is 0.134. The molecule has 0 spiro atoms. The molecule has 0 saturated carbocycles. The average Bonchev–Trinajstić information content (AvgIpc) is 2.56. The van der Waals surface area contributed by atoms with Crippen LogP contribution in [0.15, 0.2) is 36.4 Å². The fourth-order valence-corrected chi connectivity index (χ4v) is 2.50. The number of hydrogen-bond acceptors (Lipinski definition) is 4. The number of benzene rings is 2. The second-order valence-corrected chi connectivity index (χ2v) is 6.25. The van der Waals surface area contributed by atoms with E-state index in [9.17, 15) is 4.79 Å². The van der Waals surface area contributed by atoms with E-state index >= 15 is 0 Å². The molecule has 0 aliphatic rings. The lowest BCUT2D eigenvalue weighted by molar-refractivity contribution is -0.121. The molecule has 0 saturated heterocycles. The number of aryl methyl sites for hydroxylation is 2. The number of ether oxygens (including phenoxy) is 2. The van der Waals surface area contributed by atoms with Crippen molar-refractivity contribution in [3.05, 3.63) is 52.5 Å². The standard InChI is InChI=1S/C18H19ClN2O3S/c1-11-4-5-12(2)16(8-11)24-10-17(22)21-18(25)20-14-9-13(19)6-7-15(14)23-3/h4-9H,10H2,1-3H3,(H2,20,21,22,25). The molecule has 2 aromatic rings. The van der Waals surface area contributed by atoms with Gasteiger partial charge in [-0.2, -0.15) is 0 Å². The molecule has 0 aliphatic carbocycles. The fraction of sp³-hybridized carbons (Fsp3) is 0.222. The summed E-state index contributed by atoms with van der Waals surface area (Å²) < 4.78 is 10.8. The first-order valence-corrected chi connectivity index (χ1v) is 8.32. The highest BCUT2D eigenvalue weighted by atomic mass is 35.5. The molecule has 2 rings (SSSR count). The molecule has 1 amide bonds. The Hall–Kier alpha value is -2.31. The molecular formula is C18H19ClN2O3S. The number of methoxy groups -OCH3 is 1. The van der Waals surface area contributed by atoms with Crippen molar-refractivity contribution in [1.82, 2.24) is 5.32 Å². The molecule has 2 N–H and O–H groups in total. The largest absolute Gasteiger partial charge is 0.495 e. The normalized spacial score (nSPS) is 10.1. The Labute approximate surface area is 157 Å². The van der Waals surface area contributed by atoms with E-state index in [1.54, 1.807) is 18.2 Å². The molecule has 0 aromatic heterocycles. The molecule has 0 atom stereocenters. The molecule has 0 aliphatic heterocycles. The molecular weight excluding hydrogens is 360 g/mol. The summed E-state index contributed by atoms with van der Waals surface area (Å²) in [6.07, 6.45) is 0. The maximum Gasteiger partial charge on any atom is 0.264 e. The van der Waals surface area contributed by atoms with Crippen molar-refractivity contribution in [2.45, 2.75) is 13.8 Å². The zero-order valence-corrected chi connectivity index (χ0v) is 15.8. The number of hydrogen-bond donors (Lipinski definition) is 2. The van der Waals surface area contributed by atoms with E-state index in [0.717, 1.165) is 11.1 Å². The molecule has 132 valence electrons. The van der Waals surface area contributed by atoms with Gasteiger partial charge in [0.05, 0.1) is 12.8 Å². The van der Waals surface area contributed by atoms with Gasteiger partial charge in [0.1, 0.15) is 11.5 Å². The maximum atomic E-state index is 12.0. The van der Waals surface area contributed by atoms with Crippen molar-refractivity contribution in [3.8, 4) is 11.5 Å². The van der Waals surface area contributed by atoms with Crippen LogP contribution in [-0.2, 0) is 4.79 Å². The van der Waals surface area contributed by atoms with Gasteiger partial charge in [-0.25, -0.2) is 0 Å². The van der Waals surface area contributed by atoms with Crippen LogP contribution in [0, 0.1) is 13.8 Å². The minimum Gasteiger partial charge on any atom is -0.495 e. The van der Waals surface area contributed by atoms with Crippen LogP contribution >= 0.6 is 23.8 Å². The summed E-state index contributed by atoms with van der Waals surface area (Å²) in [7, 11) is 1.54. The summed E-state index contributed by atoms with van der Waals surface area (Å²) in [6, 6.07) is 10.9. The number of anilines is 1. The maximum absolute atomic E-state index is 12.0. The van der Waals surface area contributed by atoms with Crippen molar-refractivity contribution in [3.63, 3.8) is 0 Å². The molecule has 7 heteroatoms. The van der Waals surface area contributed by atoms with E-state index in [0.29, 0.717) is 22.2 Å². The topological polar surface area (TPSA) is 59.6 Å². The fourth-order valence-electron chi connectivity index (χ4n) is 2.10. The van der Waals surface area contributed by atoms with Crippen LogP contribution in [0.2, 0.25) is 5.02 Å². The summed E-state index contributed by atoms with van der Waals surface area (Å²) in [5, 5.41) is 6.11. The van der Waals surface area contributed by atoms with Gasteiger partial charge in [0.25, 0.3) is 5.91 Å². The number of carbonyl (C=O) groups excluding carboxylic acids is 1.